The first-order chi connectivity index (χ1) is 8.25. The van der Waals surface area contributed by atoms with Crippen molar-refractivity contribution >= 4 is 0 Å². The highest BCUT2D eigenvalue weighted by Crippen LogP contribution is 2.11. The Morgan fingerprint density at radius 2 is 2.00 bits per heavy atom. The Bertz CT molecular complexity index is 453. The van der Waals surface area contributed by atoms with Crippen LogP contribution in [0.15, 0.2) is 48.8 Å². The lowest BCUT2D eigenvalue weighted by atomic mass is 10.1. The Morgan fingerprint density at radius 1 is 1.24 bits per heavy atom. The van der Waals surface area contributed by atoms with Crippen molar-refractivity contribution in [3.05, 3.63) is 65.7 Å². The fourth-order valence-electron chi connectivity index (χ4n) is 1.62. The summed E-state index contributed by atoms with van der Waals surface area (Å²) in [5.74, 6) is -0.200. The molecule has 2 rings (SSSR count). The molecule has 17 heavy (non-hydrogen) atoms. The smallest absolute Gasteiger partial charge is 0.123 e. The Kier molecular flexibility index (Phi) is 3.83. The van der Waals surface area contributed by atoms with E-state index in [0.717, 1.165) is 17.7 Å². The number of hydrogen-bond acceptors (Lipinski definition) is 2. The maximum Gasteiger partial charge on any atom is 0.123 e. The monoisotopic (exact) mass is 230 g/mol. The summed E-state index contributed by atoms with van der Waals surface area (Å²) in [6.07, 6.45) is 3.61. The molecule has 0 aliphatic heterocycles. The number of nitrogens with zero attached hydrogens (tertiary/aromatic N) is 1. The summed E-state index contributed by atoms with van der Waals surface area (Å²) in [4.78, 5) is 4.08. The van der Waals surface area contributed by atoms with Gasteiger partial charge in [0.1, 0.15) is 5.82 Å². The van der Waals surface area contributed by atoms with Gasteiger partial charge in [-0.1, -0.05) is 18.2 Å². The zero-order chi connectivity index (χ0) is 12.1. The van der Waals surface area contributed by atoms with Crippen LogP contribution in [0.5, 0.6) is 0 Å². The van der Waals surface area contributed by atoms with Crippen molar-refractivity contribution < 1.29 is 4.39 Å². The first kappa shape index (κ1) is 11.7. The van der Waals surface area contributed by atoms with Crippen LogP contribution in [0.1, 0.15) is 24.1 Å². The van der Waals surface area contributed by atoms with E-state index in [1.807, 2.05) is 18.3 Å². The van der Waals surface area contributed by atoms with E-state index in [9.17, 15) is 4.39 Å². The van der Waals surface area contributed by atoms with Crippen molar-refractivity contribution in [2.75, 3.05) is 0 Å². The third-order valence-corrected chi connectivity index (χ3v) is 2.71. The van der Waals surface area contributed by atoms with E-state index < -0.39 is 0 Å². The first-order valence-electron chi connectivity index (χ1n) is 5.63. The van der Waals surface area contributed by atoms with E-state index in [1.54, 1.807) is 18.3 Å². The molecule has 0 fully saturated rings. The summed E-state index contributed by atoms with van der Waals surface area (Å²) in [5.41, 5.74) is 2.22. The van der Waals surface area contributed by atoms with Crippen LogP contribution < -0.4 is 5.32 Å². The van der Waals surface area contributed by atoms with Crippen LogP contribution >= 0.6 is 0 Å². The molecule has 0 aliphatic carbocycles. The molecule has 1 heterocycles. The number of hydrogen-bond donors (Lipinski definition) is 1. The second kappa shape index (κ2) is 5.55. The van der Waals surface area contributed by atoms with Crippen LogP contribution in [0, 0.1) is 5.82 Å². The minimum Gasteiger partial charge on any atom is -0.306 e. The van der Waals surface area contributed by atoms with Gasteiger partial charge in [-0.25, -0.2) is 4.39 Å². The van der Waals surface area contributed by atoms with Crippen LogP contribution in [0.25, 0.3) is 0 Å². The molecule has 1 unspecified atom stereocenters. The van der Waals surface area contributed by atoms with Crippen molar-refractivity contribution in [2.24, 2.45) is 0 Å². The van der Waals surface area contributed by atoms with Crippen LogP contribution in [-0.4, -0.2) is 4.98 Å². The lowest BCUT2D eigenvalue weighted by Gasteiger charge is -2.13. The number of rotatable bonds is 4. The molecule has 0 radical (unpaired) electrons. The molecule has 1 aromatic heterocycles. The Morgan fingerprint density at radius 3 is 2.65 bits per heavy atom. The highest BCUT2D eigenvalue weighted by Gasteiger charge is 2.04. The van der Waals surface area contributed by atoms with Crippen LogP contribution in [-0.2, 0) is 6.54 Å². The summed E-state index contributed by atoms with van der Waals surface area (Å²) >= 11 is 0. The van der Waals surface area contributed by atoms with E-state index in [2.05, 4.69) is 17.2 Å². The lowest BCUT2D eigenvalue weighted by molar-refractivity contribution is 0.571. The molecule has 0 amide bonds. The molecule has 3 heteroatoms. The van der Waals surface area contributed by atoms with Gasteiger partial charge in [0.2, 0.25) is 0 Å². The number of halogens is 1. The summed E-state index contributed by atoms with van der Waals surface area (Å²) in [6.45, 7) is 2.80. The van der Waals surface area contributed by atoms with Crippen molar-refractivity contribution in [1.29, 1.82) is 0 Å². The molecule has 0 saturated heterocycles. The fourth-order valence-corrected chi connectivity index (χ4v) is 1.62. The van der Waals surface area contributed by atoms with Crippen molar-refractivity contribution in [3.63, 3.8) is 0 Å². The number of nitrogens with one attached hydrogen (secondary N) is 1. The van der Waals surface area contributed by atoms with Gasteiger partial charge in [-0.2, -0.15) is 0 Å². The third kappa shape index (κ3) is 3.36. The van der Waals surface area contributed by atoms with Gasteiger partial charge in [-0.15, -0.1) is 0 Å². The van der Waals surface area contributed by atoms with E-state index in [1.165, 1.54) is 12.1 Å². The quantitative estimate of drug-likeness (QED) is 0.873. The van der Waals surface area contributed by atoms with E-state index in [4.69, 9.17) is 0 Å². The average Bonchev–Trinajstić information content (AvgIpc) is 2.39. The molecule has 1 N–H and O–H groups in total. The standard InChI is InChI=1S/C14H15FN2/c1-11(13-3-2-8-16-10-13)17-9-12-4-6-14(15)7-5-12/h2-8,10-11,17H,9H2,1H3. The second-order valence-corrected chi connectivity index (χ2v) is 4.02. The molecule has 1 atom stereocenters. The molecule has 1 aromatic carbocycles. The van der Waals surface area contributed by atoms with E-state index in [-0.39, 0.29) is 11.9 Å². The zero-order valence-corrected chi connectivity index (χ0v) is 9.73. The highest BCUT2D eigenvalue weighted by atomic mass is 19.1. The number of benzene rings is 1. The Hall–Kier alpha value is -1.74. The fraction of sp³-hybridized carbons (Fsp3) is 0.214. The molecular formula is C14H15FN2. The topological polar surface area (TPSA) is 24.9 Å². The van der Waals surface area contributed by atoms with Crippen molar-refractivity contribution in [2.45, 2.75) is 19.5 Å². The molecule has 2 nitrogen and oxygen atoms in total. The normalized spacial score (nSPS) is 12.4. The molecule has 2 aromatic rings. The minimum atomic E-state index is -0.200. The average molecular weight is 230 g/mol. The number of pyridine rings is 1. The maximum absolute atomic E-state index is 12.7. The molecular weight excluding hydrogens is 215 g/mol. The largest absolute Gasteiger partial charge is 0.306 e. The summed E-state index contributed by atoms with van der Waals surface area (Å²) in [7, 11) is 0. The van der Waals surface area contributed by atoms with Gasteiger partial charge in [0, 0.05) is 25.0 Å². The van der Waals surface area contributed by atoms with Gasteiger partial charge >= 0.3 is 0 Å². The SMILES string of the molecule is CC(NCc1ccc(F)cc1)c1cccnc1. The van der Waals surface area contributed by atoms with Crippen molar-refractivity contribution in [3.8, 4) is 0 Å². The van der Waals surface area contributed by atoms with Crippen LogP contribution in [0.3, 0.4) is 0 Å². The van der Waals surface area contributed by atoms with Crippen molar-refractivity contribution in [1.82, 2.24) is 10.3 Å². The number of aromatic nitrogens is 1. The van der Waals surface area contributed by atoms with Gasteiger partial charge in [0.05, 0.1) is 0 Å². The lowest BCUT2D eigenvalue weighted by Crippen LogP contribution is -2.18. The summed E-state index contributed by atoms with van der Waals surface area (Å²) in [5, 5.41) is 3.37. The Balaban J connectivity index is 1.92. The van der Waals surface area contributed by atoms with Crippen LogP contribution in [0.4, 0.5) is 4.39 Å². The van der Waals surface area contributed by atoms with E-state index in [0.29, 0.717) is 0 Å². The van der Waals surface area contributed by atoms with Gasteiger partial charge in [-0.05, 0) is 36.2 Å². The zero-order valence-electron chi connectivity index (χ0n) is 9.73. The van der Waals surface area contributed by atoms with E-state index >= 15 is 0 Å². The molecule has 88 valence electrons. The van der Waals surface area contributed by atoms with Gasteiger partial charge in [0.15, 0.2) is 0 Å². The van der Waals surface area contributed by atoms with Gasteiger partial charge in [-0.3, -0.25) is 4.98 Å². The summed E-state index contributed by atoms with van der Waals surface area (Å²) < 4.78 is 12.7. The predicted octanol–water partition coefficient (Wildman–Crippen LogP) is 3.07. The third-order valence-electron chi connectivity index (χ3n) is 2.71. The molecule has 0 aliphatic rings. The maximum atomic E-state index is 12.7. The summed E-state index contributed by atoms with van der Waals surface area (Å²) in [6, 6.07) is 10.7. The predicted molar refractivity (Wildman–Crippen MR) is 65.9 cm³/mol. The molecule has 0 bridgehead atoms. The first-order valence-corrected chi connectivity index (χ1v) is 5.63. The van der Waals surface area contributed by atoms with Gasteiger partial charge < -0.3 is 5.32 Å². The molecule has 0 saturated carbocycles. The highest BCUT2D eigenvalue weighted by molar-refractivity contribution is 5.17. The Labute approximate surface area is 101 Å². The van der Waals surface area contributed by atoms with Gasteiger partial charge in [0.25, 0.3) is 0 Å². The molecule has 0 spiro atoms. The second-order valence-electron chi connectivity index (χ2n) is 4.02. The van der Waals surface area contributed by atoms with Crippen LogP contribution in [0.2, 0.25) is 0 Å². The minimum absolute atomic E-state index is 0.200.